The Bertz CT molecular complexity index is 438. The average Bonchev–Trinajstić information content (AvgIpc) is 3.11. The van der Waals surface area contributed by atoms with E-state index in [0.29, 0.717) is 11.6 Å². The summed E-state index contributed by atoms with van der Waals surface area (Å²) in [5.41, 5.74) is 2.95. The van der Waals surface area contributed by atoms with Crippen LogP contribution in [0.5, 0.6) is 0 Å². The molecule has 0 radical (unpaired) electrons. The SMILES string of the molecule is O=C(O)c1ccc2c(c1)CCNC2C1CC1. The van der Waals surface area contributed by atoms with Gasteiger partial charge in [0.2, 0.25) is 0 Å². The second-order valence-corrected chi connectivity index (χ2v) is 4.74. The minimum atomic E-state index is -0.829. The summed E-state index contributed by atoms with van der Waals surface area (Å²) >= 11 is 0. The molecule has 1 aromatic rings. The van der Waals surface area contributed by atoms with E-state index in [1.54, 1.807) is 6.07 Å². The van der Waals surface area contributed by atoms with Crippen LogP contribution in [0.15, 0.2) is 18.2 Å². The second-order valence-electron chi connectivity index (χ2n) is 4.74. The van der Waals surface area contributed by atoms with Gasteiger partial charge in [-0.15, -0.1) is 0 Å². The van der Waals surface area contributed by atoms with Crippen molar-refractivity contribution in [2.24, 2.45) is 5.92 Å². The van der Waals surface area contributed by atoms with E-state index < -0.39 is 5.97 Å². The zero-order chi connectivity index (χ0) is 11.1. The molecule has 1 saturated carbocycles. The summed E-state index contributed by atoms with van der Waals surface area (Å²) < 4.78 is 0. The Morgan fingerprint density at radius 3 is 2.88 bits per heavy atom. The van der Waals surface area contributed by atoms with Crippen molar-refractivity contribution >= 4 is 5.97 Å². The van der Waals surface area contributed by atoms with Gasteiger partial charge in [0.15, 0.2) is 0 Å². The number of fused-ring (bicyclic) bond motifs is 1. The molecule has 1 heterocycles. The molecule has 2 aliphatic rings. The molecule has 84 valence electrons. The van der Waals surface area contributed by atoms with E-state index in [0.717, 1.165) is 18.9 Å². The summed E-state index contributed by atoms with van der Waals surface area (Å²) in [6.07, 6.45) is 3.55. The van der Waals surface area contributed by atoms with Crippen LogP contribution in [0.3, 0.4) is 0 Å². The molecule has 1 atom stereocenters. The van der Waals surface area contributed by atoms with Gasteiger partial charge in [-0.25, -0.2) is 4.79 Å². The van der Waals surface area contributed by atoms with Gasteiger partial charge in [-0.05, 0) is 55.0 Å². The summed E-state index contributed by atoms with van der Waals surface area (Å²) in [5.74, 6) is -0.0565. The van der Waals surface area contributed by atoms with Gasteiger partial charge in [0, 0.05) is 6.04 Å². The largest absolute Gasteiger partial charge is 0.478 e. The van der Waals surface area contributed by atoms with Gasteiger partial charge < -0.3 is 10.4 Å². The Morgan fingerprint density at radius 1 is 1.38 bits per heavy atom. The van der Waals surface area contributed by atoms with Crippen LogP contribution in [0, 0.1) is 5.92 Å². The standard InChI is InChI=1S/C13H15NO2/c15-13(16)10-3-4-11-9(7-10)5-6-14-12(11)8-1-2-8/h3-4,7-8,12,14H,1-2,5-6H2,(H,15,16). The van der Waals surface area contributed by atoms with Crippen molar-refractivity contribution in [1.29, 1.82) is 0 Å². The molecule has 1 aliphatic heterocycles. The highest BCUT2D eigenvalue weighted by Gasteiger charge is 2.34. The molecule has 3 rings (SSSR count). The molecule has 1 unspecified atom stereocenters. The smallest absolute Gasteiger partial charge is 0.335 e. The molecule has 0 amide bonds. The van der Waals surface area contributed by atoms with Gasteiger partial charge in [0.05, 0.1) is 5.56 Å². The molecular formula is C13H15NO2. The highest BCUT2D eigenvalue weighted by molar-refractivity contribution is 5.88. The first-order valence-corrected chi connectivity index (χ1v) is 5.85. The number of aromatic carboxylic acids is 1. The Kier molecular flexibility index (Phi) is 2.21. The van der Waals surface area contributed by atoms with Gasteiger partial charge in [-0.3, -0.25) is 0 Å². The third kappa shape index (κ3) is 1.61. The van der Waals surface area contributed by atoms with Crippen LogP contribution < -0.4 is 5.32 Å². The van der Waals surface area contributed by atoms with Crippen LogP contribution in [-0.4, -0.2) is 17.6 Å². The highest BCUT2D eigenvalue weighted by Crippen LogP contribution is 2.43. The third-order valence-electron chi connectivity index (χ3n) is 3.58. The minimum absolute atomic E-state index is 0.412. The van der Waals surface area contributed by atoms with Gasteiger partial charge in [0.25, 0.3) is 0 Å². The maximum absolute atomic E-state index is 10.9. The van der Waals surface area contributed by atoms with Gasteiger partial charge in [-0.1, -0.05) is 6.07 Å². The van der Waals surface area contributed by atoms with Gasteiger partial charge in [-0.2, -0.15) is 0 Å². The van der Waals surface area contributed by atoms with Gasteiger partial charge in [0.1, 0.15) is 0 Å². The lowest BCUT2D eigenvalue weighted by Crippen LogP contribution is -2.31. The van der Waals surface area contributed by atoms with Crippen molar-refractivity contribution < 1.29 is 9.90 Å². The van der Waals surface area contributed by atoms with Crippen molar-refractivity contribution in [3.05, 3.63) is 34.9 Å². The summed E-state index contributed by atoms with van der Waals surface area (Å²) in [6, 6.07) is 6.03. The zero-order valence-electron chi connectivity index (χ0n) is 9.07. The van der Waals surface area contributed by atoms with Crippen molar-refractivity contribution in [2.75, 3.05) is 6.54 Å². The van der Waals surface area contributed by atoms with E-state index in [-0.39, 0.29) is 0 Å². The van der Waals surface area contributed by atoms with Gasteiger partial charge >= 0.3 is 5.97 Å². The zero-order valence-corrected chi connectivity index (χ0v) is 9.07. The summed E-state index contributed by atoms with van der Waals surface area (Å²) in [6.45, 7) is 0.969. The van der Waals surface area contributed by atoms with E-state index in [9.17, 15) is 4.79 Å². The average molecular weight is 217 g/mol. The Hall–Kier alpha value is -1.35. The summed E-state index contributed by atoms with van der Waals surface area (Å²) in [5, 5.41) is 12.5. The number of carbonyl (C=O) groups is 1. The molecule has 1 aliphatic carbocycles. The predicted octanol–water partition coefficient (Wildman–Crippen LogP) is 1.98. The van der Waals surface area contributed by atoms with E-state index in [1.165, 1.54) is 24.0 Å². The molecule has 1 aromatic carbocycles. The van der Waals surface area contributed by atoms with E-state index in [2.05, 4.69) is 5.32 Å². The fourth-order valence-corrected chi connectivity index (χ4v) is 2.58. The molecule has 3 nitrogen and oxygen atoms in total. The van der Waals surface area contributed by atoms with Crippen molar-refractivity contribution in [3.63, 3.8) is 0 Å². The molecular weight excluding hydrogens is 202 g/mol. The first kappa shape index (κ1) is 9.85. The molecule has 2 N–H and O–H groups in total. The monoisotopic (exact) mass is 217 g/mol. The predicted molar refractivity (Wildman–Crippen MR) is 60.6 cm³/mol. The number of carboxylic acids is 1. The molecule has 1 fully saturated rings. The number of nitrogens with one attached hydrogen (secondary N) is 1. The van der Waals surface area contributed by atoms with E-state index in [1.807, 2.05) is 12.1 Å². The molecule has 16 heavy (non-hydrogen) atoms. The number of hydrogen-bond donors (Lipinski definition) is 2. The Balaban J connectivity index is 1.99. The molecule has 0 bridgehead atoms. The summed E-state index contributed by atoms with van der Waals surface area (Å²) in [4.78, 5) is 10.9. The third-order valence-corrected chi connectivity index (χ3v) is 3.58. The van der Waals surface area contributed by atoms with Crippen LogP contribution in [0.2, 0.25) is 0 Å². The Morgan fingerprint density at radius 2 is 2.19 bits per heavy atom. The van der Waals surface area contributed by atoms with Crippen molar-refractivity contribution in [3.8, 4) is 0 Å². The first-order valence-electron chi connectivity index (χ1n) is 5.85. The maximum atomic E-state index is 10.9. The lowest BCUT2D eigenvalue weighted by Gasteiger charge is -2.27. The molecule has 0 saturated heterocycles. The number of hydrogen-bond acceptors (Lipinski definition) is 2. The first-order chi connectivity index (χ1) is 7.75. The van der Waals surface area contributed by atoms with Crippen LogP contribution in [0.1, 0.15) is 40.4 Å². The van der Waals surface area contributed by atoms with Crippen molar-refractivity contribution in [2.45, 2.75) is 25.3 Å². The normalized spacial score (nSPS) is 23.9. The minimum Gasteiger partial charge on any atom is -0.478 e. The molecule has 0 aromatic heterocycles. The number of carboxylic acid groups (broad SMARTS) is 1. The molecule has 0 spiro atoms. The lowest BCUT2D eigenvalue weighted by atomic mass is 9.90. The Labute approximate surface area is 94.5 Å². The number of rotatable bonds is 2. The maximum Gasteiger partial charge on any atom is 0.335 e. The molecule has 3 heteroatoms. The van der Waals surface area contributed by atoms with Crippen LogP contribution >= 0.6 is 0 Å². The van der Waals surface area contributed by atoms with Crippen molar-refractivity contribution in [1.82, 2.24) is 5.32 Å². The lowest BCUT2D eigenvalue weighted by molar-refractivity contribution is 0.0696. The van der Waals surface area contributed by atoms with E-state index in [4.69, 9.17) is 5.11 Å². The quantitative estimate of drug-likeness (QED) is 0.796. The summed E-state index contributed by atoms with van der Waals surface area (Å²) in [7, 11) is 0. The number of benzene rings is 1. The topological polar surface area (TPSA) is 49.3 Å². The van der Waals surface area contributed by atoms with Crippen LogP contribution in [0.4, 0.5) is 0 Å². The fraction of sp³-hybridized carbons (Fsp3) is 0.462. The fourth-order valence-electron chi connectivity index (χ4n) is 2.58. The van der Waals surface area contributed by atoms with Crippen LogP contribution in [0.25, 0.3) is 0 Å². The van der Waals surface area contributed by atoms with E-state index >= 15 is 0 Å². The highest BCUT2D eigenvalue weighted by atomic mass is 16.4. The van der Waals surface area contributed by atoms with Crippen LogP contribution in [-0.2, 0) is 6.42 Å². The second kappa shape index (κ2) is 3.59.